The minimum Gasteiger partial charge on any atom is -0.480 e. The van der Waals surface area contributed by atoms with E-state index < -0.39 is 66.7 Å². The molecule has 1 rings (SSSR count). The van der Waals surface area contributed by atoms with Crippen LogP contribution in [0.15, 0.2) is 12.7 Å². The van der Waals surface area contributed by atoms with Crippen LogP contribution in [0.4, 0.5) is 4.79 Å². The summed E-state index contributed by atoms with van der Waals surface area (Å²) in [6.07, 6.45) is -6.18. The molecule has 0 radical (unpaired) electrons. The van der Waals surface area contributed by atoms with Crippen LogP contribution in [0, 0.1) is 0 Å². The lowest BCUT2D eigenvalue weighted by Crippen LogP contribution is -2.60. The molecule has 0 saturated carbocycles. The molecule has 0 aromatic heterocycles. The third kappa shape index (κ3) is 8.51. The van der Waals surface area contributed by atoms with Gasteiger partial charge in [-0.25, -0.2) is 9.59 Å². The van der Waals surface area contributed by atoms with Gasteiger partial charge >= 0.3 is 30.0 Å². The van der Waals surface area contributed by atoms with Crippen LogP contribution in [-0.2, 0) is 47.6 Å². The summed E-state index contributed by atoms with van der Waals surface area (Å²) in [7, 11) is 0. The Kier molecular flexibility index (Phi) is 10.6. The average molecular weight is 461 g/mol. The maximum atomic E-state index is 11.7. The lowest BCUT2D eigenvalue weighted by atomic mass is 10.0. The number of carboxylic acids is 1. The second-order valence-electron chi connectivity index (χ2n) is 6.69. The number of amides is 1. The zero-order valence-corrected chi connectivity index (χ0v) is 18.1. The molecule has 0 aromatic rings. The molecule has 1 saturated heterocycles. The molecular formula is C19H27NO12. The van der Waals surface area contributed by atoms with Crippen LogP contribution in [0.3, 0.4) is 0 Å². The molecule has 6 atom stereocenters. The van der Waals surface area contributed by atoms with E-state index in [4.69, 9.17) is 28.4 Å². The molecule has 0 unspecified atom stereocenters. The van der Waals surface area contributed by atoms with Crippen LogP contribution in [0.5, 0.6) is 0 Å². The highest BCUT2D eigenvalue weighted by atomic mass is 16.7. The van der Waals surface area contributed by atoms with Gasteiger partial charge in [-0.05, 0) is 6.92 Å². The molecular weight excluding hydrogens is 434 g/mol. The van der Waals surface area contributed by atoms with E-state index in [9.17, 15) is 29.1 Å². The number of carbonyl (C=O) groups is 5. The number of esters is 3. The molecule has 0 bridgehead atoms. The van der Waals surface area contributed by atoms with Crippen molar-refractivity contribution in [1.29, 1.82) is 0 Å². The van der Waals surface area contributed by atoms with Crippen molar-refractivity contribution in [3.05, 3.63) is 12.7 Å². The fraction of sp³-hybridized carbons (Fsp3) is 0.632. The number of nitrogens with one attached hydrogen (secondary N) is 1. The normalized spacial score (nSPS) is 24.2. The SMILES string of the molecule is C=CCOC(=O)N[C@H](C(=O)O)[C@@H](C)O[C@@H]1OC[C@@H](OC(C)=O)[C@H](OC(C)=O)[C@H]1OC(C)=O. The van der Waals surface area contributed by atoms with Crippen molar-refractivity contribution in [3.63, 3.8) is 0 Å². The van der Waals surface area contributed by atoms with Crippen LogP contribution in [-0.4, -0.2) is 85.0 Å². The molecule has 13 heteroatoms. The van der Waals surface area contributed by atoms with Gasteiger partial charge in [-0.2, -0.15) is 0 Å². The van der Waals surface area contributed by atoms with Gasteiger partial charge in [0.25, 0.3) is 0 Å². The highest BCUT2D eigenvalue weighted by Crippen LogP contribution is 2.26. The maximum Gasteiger partial charge on any atom is 0.408 e. The first-order valence-electron chi connectivity index (χ1n) is 9.52. The van der Waals surface area contributed by atoms with Crippen LogP contribution < -0.4 is 5.32 Å². The number of carbonyl (C=O) groups excluding carboxylic acids is 4. The summed E-state index contributed by atoms with van der Waals surface area (Å²) in [6, 6.07) is -1.58. The molecule has 1 heterocycles. The smallest absolute Gasteiger partial charge is 0.408 e. The molecule has 32 heavy (non-hydrogen) atoms. The molecule has 1 fully saturated rings. The number of hydrogen-bond acceptors (Lipinski definition) is 11. The van der Waals surface area contributed by atoms with E-state index in [0.717, 1.165) is 20.8 Å². The molecule has 180 valence electrons. The van der Waals surface area contributed by atoms with Gasteiger partial charge in [0.1, 0.15) is 6.61 Å². The summed E-state index contributed by atoms with van der Waals surface area (Å²) < 4.78 is 31.2. The molecule has 1 aliphatic heterocycles. The quantitative estimate of drug-likeness (QED) is 0.252. The van der Waals surface area contributed by atoms with Crippen molar-refractivity contribution in [2.24, 2.45) is 0 Å². The second-order valence-corrected chi connectivity index (χ2v) is 6.69. The summed E-state index contributed by atoms with van der Waals surface area (Å²) in [5.41, 5.74) is 0. The standard InChI is InChI=1S/C19H27NO12/c1-6-7-27-19(26)20-14(17(24)25)9(2)29-18-16(32-12(5)23)15(31-11(4)22)13(8-28-18)30-10(3)21/h6,9,13-16,18H,1,7-8H2,2-5H3,(H,20,26)(H,24,25)/t9-,13-,14+,15+,16-,18+/m1/s1. The van der Waals surface area contributed by atoms with Gasteiger partial charge in [-0.15, -0.1) is 0 Å². The Balaban J connectivity index is 3.07. The van der Waals surface area contributed by atoms with E-state index in [0.29, 0.717) is 0 Å². The predicted octanol–water partition coefficient (Wildman–Crippen LogP) is -0.0917. The summed E-state index contributed by atoms with van der Waals surface area (Å²) >= 11 is 0. The molecule has 1 aliphatic rings. The van der Waals surface area contributed by atoms with Crippen molar-refractivity contribution < 1.29 is 57.5 Å². The Bertz CT molecular complexity index is 723. The highest BCUT2D eigenvalue weighted by Gasteiger charge is 2.48. The van der Waals surface area contributed by atoms with Gasteiger partial charge in [0, 0.05) is 20.8 Å². The third-order valence-electron chi connectivity index (χ3n) is 3.99. The van der Waals surface area contributed by atoms with Crippen LogP contribution in [0.2, 0.25) is 0 Å². The molecule has 0 aliphatic carbocycles. The number of rotatable bonds is 10. The monoisotopic (exact) mass is 461 g/mol. The van der Waals surface area contributed by atoms with Crippen molar-refractivity contribution in [2.45, 2.75) is 64.4 Å². The Morgan fingerprint density at radius 1 is 1.06 bits per heavy atom. The lowest BCUT2D eigenvalue weighted by Gasteiger charge is -2.41. The van der Waals surface area contributed by atoms with Crippen molar-refractivity contribution in [3.8, 4) is 0 Å². The van der Waals surface area contributed by atoms with Crippen LogP contribution >= 0.6 is 0 Å². The molecule has 2 N–H and O–H groups in total. The zero-order valence-electron chi connectivity index (χ0n) is 18.1. The van der Waals surface area contributed by atoms with Gasteiger partial charge in [-0.1, -0.05) is 12.7 Å². The first-order valence-corrected chi connectivity index (χ1v) is 9.52. The predicted molar refractivity (Wildman–Crippen MR) is 103 cm³/mol. The van der Waals surface area contributed by atoms with E-state index in [1.807, 2.05) is 0 Å². The van der Waals surface area contributed by atoms with E-state index in [1.165, 1.54) is 13.0 Å². The minimum atomic E-state index is -1.58. The number of alkyl carbamates (subject to hydrolysis) is 1. The van der Waals surface area contributed by atoms with E-state index in [-0.39, 0.29) is 13.2 Å². The Labute approximate surface area is 183 Å². The van der Waals surface area contributed by atoms with Crippen LogP contribution in [0.1, 0.15) is 27.7 Å². The second kappa shape index (κ2) is 12.6. The first-order chi connectivity index (χ1) is 15.0. The maximum absolute atomic E-state index is 11.7. The van der Waals surface area contributed by atoms with E-state index >= 15 is 0 Å². The summed E-state index contributed by atoms with van der Waals surface area (Å²) in [5, 5.41) is 11.6. The zero-order chi connectivity index (χ0) is 24.4. The van der Waals surface area contributed by atoms with Crippen molar-refractivity contribution in [2.75, 3.05) is 13.2 Å². The molecule has 0 spiro atoms. The summed E-state index contributed by atoms with van der Waals surface area (Å²) in [5.74, 6) is -3.69. The largest absolute Gasteiger partial charge is 0.480 e. The molecule has 0 aromatic carbocycles. The van der Waals surface area contributed by atoms with E-state index in [2.05, 4.69) is 11.9 Å². The Hall–Kier alpha value is -3.19. The molecule has 13 nitrogen and oxygen atoms in total. The number of carboxylic acid groups (broad SMARTS) is 1. The van der Waals surface area contributed by atoms with Gasteiger partial charge in [0.15, 0.2) is 30.6 Å². The summed E-state index contributed by atoms with van der Waals surface area (Å²) in [6.45, 7) is 7.55. The lowest BCUT2D eigenvalue weighted by molar-refractivity contribution is -0.291. The fourth-order valence-corrected chi connectivity index (χ4v) is 2.80. The van der Waals surface area contributed by atoms with Gasteiger partial charge in [0.2, 0.25) is 0 Å². The van der Waals surface area contributed by atoms with E-state index in [1.54, 1.807) is 0 Å². The first kappa shape index (κ1) is 26.8. The number of aliphatic carboxylic acids is 1. The fourth-order valence-electron chi connectivity index (χ4n) is 2.80. The number of hydrogen-bond donors (Lipinski definition) is 2. The van der Waals surface area contributed by atoms with Crippen molar-refractivity contribution >= 4 is 30.0 Å². The summed E-state index contributed by atoms with van der Waals surface area (Å²) in [4.78, 5) is 58.0. The average Bonchev–Trinajstić information content (AvgIpc) is 2.67. The minimum absolute atomic E-state index is 0.144. The van der Waals surface area contributed by atoms with Gasteiger partial charge in [-0.3, -0.25) is 14.4 Å². The Morgan fingerprint density at radius 3 is 2.12 bits per heavy atom. The van der Waals surface area contributed by atoms with Gasteiger partial charge < -0.3 is 38.8 Å². The topological polar surface area (TPSA) is 173 Å². The highest BCUT2D eigenvalue weighted by molar-refractivity contribution is 5.80. The molecule has 1 amide bonds. The third-order valence-corrected chi connectivity index (χ3v) is 3.99. The van der Waals surface area contributed by atoms with Gasteiger partial charge in [0.05, 0.1) is 12.7 Å². The number of ether oxygens (including phenoxy) is 6. The van der Waals surface area contributed by atoms with Crippen molar-refractivity contribution in [1.82, 2.24) is 5.32 Å². The van der Waals surface area contributed by atoms with Crippen LogP contribution in [0.25, 0.3) is 0 Å². The Morgan fingerprint density at radius 2 is 1.62 bits per heavy atom.